The third-order valence-electron chi connectivity index (χ3n) is 4.77. The molecule has 30 heavy (non-hydrogen) atoms. The molecule has 1 aliphatic rings. The van der Waals surface area contributed by atoms with E-state index in [1.807, 2.05) is 11.9 Å². The van der Waals surface area contributed by atoms with Gasteiger partial charge in [0.2, 0.25) is 11.6 Å². The first-order chi connectivity index (χ1) is 14.3. The summed E-state index contributed by atoms with van der Waals surface area (Å²) in [4.78, 5) is 37.6. The molecule has 2 N–H and O–H groups in total. The number of hydrogen-bond acceptors (Lipinski definition) is 7. The predicted octanol–water partition coefficient (Wildman–Crippen LogP) is 2.02. The van der Waals surface area contributed by atoms with Crippen LogP contribution in [0, 0.1) is 11.3 Å². The molecule has 1 aromatic carbocycles. The van der Waals surface area contributed by atoms with Gasteiger partial charge >= 0.3 is 5.69 Å². The van der Waals surface area contributed by atoms with Crippen molar-refractivity contribution in [3.63, 3.8) is 0 Å². The van der Waals surface area contributed by atoms with E-state index in [1.54, 1.807) is 6.07 Å². The van der Waals surface area contributed by atoms with Crippen LogP contribution in [0.4, 0.5) is 0 Å². The molecule has 2 aromatic heterocycles. The Hall–Kier alpha value is -3.42. The Morgan fingerprint density at radius 3 is 2.60 bits per heavy atom. The summed E-state index contributed by atoms with van der Waals surface area (Å²) in [5.74, 6) is 0.341. The second-order valence-corrected chi connectivity index (χ2v) is 7.48. The normalized spacial score (nSPS) is 14.9. The maximum atomic E-state index is 12.1. The lowest BCUT2D eigenvalue weighted by Crippen LogP contribution is -2.33. The molecule has 12 heteroatoms. The van der Waals surface area contributed by atoms with E-state index in [-0.39, 0.29) is 38.8 Å². The quantitative estimate of drug-likeness (QED) is 0.625. The van der Waals surface area contributed by atoms with E-state index in [4.69, 9.17) is 33.2 Å². The zero-order valence-electron chi connectivity index (χ0n) is 15.3. The summed E-state index contributed by atoms with van der Waals surface area (Å²) in [6, 6.07) is 4.27. The van der Waals surface area contributed by atoms with Crippen molar-refractivity contribution in [3.8, 4) is 23.4 Å². The van der Waals surface area contributed by atoms with Gasteiger partial charge in [0.05, 0.1) is 15.7 Å². The Kier molecular flexibility index (Phi) is 4.93. The highest BCUT2D eigenvalue weighted by molar-refractivity contribution is 6.37. The van der Waals surface area contributed by atoms with Crippen molar-refractivity contribution < 1.29 is 4.74 Å². The molecule has 0 aliphatic heterocycles. The lowest BCUT2D eigenvalue weighted by molar-refractivity contribution is 0.448. The molecule has 0 saturated carbocycles. The number of H-pyrrole nitrogens is 2. The van der Waals surface area contributed by atoms with Crippen molar-refractivity contribution in [1.29, 1.82) is 5.26 Å². The van der Waals surface area contributed by atoms with Crippen LogP contribution in [0.25, 0.3) is 5.69 Å². The second kappa shape index (κ2) is 7.44. The predicted molar refractivity (Wildman–Crippen MR) is 107 cm³/mol. The maximum Gasteiger partial charge on any atom is 0.349 e. The van der Waals surface area contributed by atoms with Crippen molar-refractivity contribution >= 4 is 23.2 Å². The first-order valence-corrected chi connectivity index (χ1v) is 9.48. The third-order valence-corrected chi connectivity index (χ3v) is 5.33. The molecule has 1 unspecified atom stereocenters. The molecule has 0 spiro atoms. The average Bonchev–Trinajstić information content (AvgIpc) is 3.09. The number of halogens is 2. The number of hydrogen-bond donors (Lipinski definition) is 2. The van der Waals surface area contributed by atoms with Crippen LogP contribution in [0.1, 0.15) is 36.1 Å². The second-order valence-electron chi connectivity index (χ2n) is 6.66. The summed E-state index contributed by atoms with van der Waals surface area (Å²) >= 11 is 12.6. The number of nitriles is 1. The summed E-state index contributed by atoms with van der Waals surface area (Å²) in [5.41, 5.74) is -1.09. The van der Waals surface area contributed by atoms with Gasteiger partial charge in [-0.1, -0.05) is 30.1 Å². The summed E-state index contributed by atoms with van der Waals surface area (Å²) in [5, 5.41) is 19.1. The van der Waals surface area contributed by atoms with Crippen LogP contribution in [0.5, 0.6) is 11.6 Å². The molecule has 3 aromatic rings. The van der Waals surface area contributed by atoms with E-state index in [0.717, 1.165) is 11.1 Å². The third kappa shape index (κ3) is 3.28. The van der Waals surface area contributed by atoms with E-state index in [2.05, 4.69) is 15.3 Å². The molecule has 1 aliphatic carbocycles. The van der Waals surface area contributed by atoms with Crippen LogP contribution < -0.4 is 21.5 Å². The van der Waals surface area contributed by atoms with Gasteiger partial charge < -0.3 is 4.74 Å². The van der Waals surface area contributed by atoms with Gasteiger partial charge in [-0.2, -0.15) is 9.94 Å². The first kappa shape index (κ1) is 19.9. The standard InChI is InChI=1S/C18H12Cl2N6O4/c1-7-2-3-9-13(7)16(28)23-24-17(9)30-14-10(19)4-8(5-11(14)20)26-18(29)22-15(27)12(6-21)25-26/h4-5,7H,2-3H2,1H3,(H,23,28)(H,22,27,29). The van der Waals surface area contributed by atoms with Crippen LogP contribution in [-0.4, -0.2) is 25.0 Å². The molecule has 2 heterocycles. The molecular formula is C18H12Cl2N6O4. The highest BCUT2D eigenvalue weighted by Gasteiger charge is 2.27. The number of ether oxygens (including phenoxy) is 1. The smallest absolute Gasteiger partial charge is 0.349 e. The van der Waals surface area contributed by atoms with Gasteiger partial charge in [-0.3, -0.25) is 14.6 Å². The number of benzene rings is 1. The first-order valence-electron chi connectivity index (χ1n) is 8.72. The molecule has 4 rings (SSSR count). The molecule has 10 nitrogen and oxygen atoms in total. The Morgan fingerprint density at radius 2 is 1.93 bits per heavy atom. The van der Waals surface area contributed by atoms with Gasteiger partial charge in [-0.05, 0) is 30.9 Å². The average molecular weight is 447 g/mol. The van der Waals surface area contributed by atoms with Crippen molar-refractivity contribution in [3.05, 3.63) is 70.2 Å². The zero-order chi connectivity index (χ0) is 21.6. The fraction of sp³-hybridized carbons (Fsp3) is 0.222. The van der Waals surface area contributed by atoms with Crippen molar-refractivity contribution in [2.75, 3.05) is 0 Å². The summed E-state index contributed by atoms with van der Waals surface area (Å²) in [6.07, 6.45) is 1.42. The number of aromatic nitrogens is 5. The molecule has 0 bridgehead atoms. The van der Waals surface area contributed by atoms with Crippen LogP contribution in [0.2, 0.25) is 10.0 Å². The molecule has 152 valence electrons. The molecule has 0 fully saturated rings. The summed E-state index contributed by atoms with van der Waals surface area (Å²) in [6.45, 7) is 1.95. The lowest BCUT2D eigenvalue weighted by Gasteiger charge is -2.13. The number of nitrogens with zero attached hydrogens (tertiary/aromatic N) is 4. The Morgan fingerprint density at radius 1 is 1.23 bits per heavy atom. The SMILES string of the molecule is CC1CCc2c(Oc3c(Cl)cc(-n4nc(C#N)c(=O)[nH]c4=O)cc3Cl)n[nH]c(=O)c21. The van der Waals surface area contributed by atoms with Crippen LogP contribution in [-0.2, 0) is 6.42 Å². The van der Waals surface area contributed by atoms with Crippen molar-refractivity contribution in [2.45, 2.75) is 25.7 Å². The minimum atomic E-state index is -0.900. The van der Waals surface area contributed by atoms with E-state index in [9.17, 15) is 14.4 Å². The van der Waals surface area contributed by atoms with Gasteiger partial charge in [0, 0.05) is 11.1 Å². The summed E-state index contributed by atoms with van der Waals surface area (Å²) in [7, 11) is 0. The highest BCUT2D eigenvalue weighted by atomic mass is 35.5. The minimum Gasteiger partial charge on any atom is -0.434 e. The topological polar surface area (TPSA) is 147 Å². The van der Waals surface area contributed by atoms with Gasteiger partial charge in [-0.15, -0.1) is 10.2 Å². The van der Waals surface area contributed by atoms with E-state index in [0.29, 0.717) is 17.5 Å². The van der Waals surface area contributed by atoms with Gasteiger partial charge in [-0.25, -0.2) is 9.89 Å². The fourth-order valence-corrected chi connectivity index (χ4v) is 3.90. The van der Waals surface area contributed by atoms with Crippen LogP contribution >= 0.6 is 23.2 Å². The van der Waals surface area contributed by atoms with Gasteiger partial charge in [0.15, 0.2) is 5.75 Å². The molecular weight excluding hydrogens is 435 g/mol. The Balaban J connectivity index is 1.78. The molecule has 0 radical (unpaired) electrons. The number of fused-ring (bicyclic) bond motifs is 1. The number of aromatic amines is 2. The number of rotatable bonds is 3. The van der Waals surface area contributed by atoms with Crippen LogP contribution in [0.3, 0.4) is 0 Å². The molecule has 0 saturated heterocycles. The van der Waals surface area contributed by atoms with Crippen LogP contribution in [0.15, 0.2) is 26.5 Å². The van der Waals surface area contributed by atoms with E-state index < -0.39 is 16.9 Å². The van der Waals surface area contributed by atoms with Gasteiger partial charge in [0.1, 0.15) is 6.07 Å². The lowest BCUT2D eigenvalue weighted by atomic mass is 10.1. The van der Waals surface area contributed by atoms with Gasteiger partial charge in [0.25, 0.3) is 11.1 Å². The van der Waals surface area contributed by atoms with Crippen molar-refractivity contribution in [1.82, 2.24) is 25.0 Å². The molecule has 0 amide bonds. The zero-order valence-corrected chi connectivity index (χ0v) is 16.8. The maximum absolute atomic E-state index is 12.1. The van der Waals surface area contributed by atoms with E-state index in [1.165, 1.54) is 12.1 Å². The highest BCUT2D eigenvalue weighted by Crippen LogP contribution is 2.41. The molecule has 1 atom stereocenters. The minimum absolute atomic E-state index is 0.0312. The Labute approximate surface area is 177 Å². The number of nitrogens with one attached hydrogen (secondary N) is 2. The monoisotopic (exact) mass is 446 g/mol. The largest absolute Gasteiger partial charge is 0.434 e. The fourth-order valence-electron chi connectivity index (χ4n) is 3.35. The van der Waals surface area contributed by atoms with Crippen molar-refractivity contribution in [2.24, 2.45) is 0 Å². The Bertz CT molecular complexity index is 1380. The summed E-state index contributed by atoms with van der Waals surface area (Å²) < 4.78 is 6.60. The van der Waals surface area contributed by atoms with E-state index >= 15 is 0 Å².